The second-order valence-electron chi connectivity index (χ2n) is 4.36. The first-order chi connectivity index (χ1) is 10.1. The molecule has 2 heterocycles. The maximum Gasteiger partial charge on any atom is 0.283 e. The van der Waals surface area contributed by atoms with Gasteiger partial charge in [-0.15, -0.1) is 0 Å². The molecule has 0 aliphatic carbocycles. The van der Waals surface area contributed by atoms with E-state index in [0.717, 1.165) is 23.0 Å². The van der Waals surface area contributed by atoms with Crippen molar-refractivity contribution in [3.63, 3.8) is 0 Å². The number of nitrogens with one attached hydrogen (secondary N) is 1. The minimum absolute atomic E-state index is 0.178. The van der Waals surface area contributed by atoms with Crippen molar-refractivity contribution in [3.05, 3.63) is 59.0 Å². The number of nitrogens with zero attached hydrogens (tertiary/aromatic N) is 3. The van der Waals surface area contributed by atoms with Gasteiger partial charge in [-0.25, -0.2) is 14.4 Å². The molecule has 0 atom stereocenters. The van der Waals surface area contributed by atoms with Crippen LogP contribution in [0.5, 0.6) is 0 Å². The third-order valence-electron chi connectivity index (χ3n) is 2.89. The zero-order chi connectivity index (χ0) is 14.8. The maximum absolute atomic E-state index is 12.9. The van der Waals surface area contributed by atoms with Crippen LogP contribution in [0.25, 0.3) is 11.3 Å². The van der Waals surface area contributed by atoms with E-state index in [2.05, 4.69) is 15.0 Å². The Balaban J connectivity index is 1.87. The smallest absolute Gasteiger partial charge is 0.283 e. The number of hydrogen-bond acceptors (Lipinski definition) is 4. The molecule has 0 saturated carbocycles. The fraction of sp³-hybridized carbons (Fsp3) is 0.0714. The maximum atomic E-state index is 12.9. The number of halogens is 1. The third kappa shape index (κ3) is 2.87. The summed E-state index contributed by atoms with van der Waals surface area (Å²) in [5, 5.41) is 0.908. The van der Waals surface area contributed by atoms with E-state index in [1.165, 1.54) is 16.7 Å². The average molecular weight is 302 g/mol. The summed E-state index contributed by atoms with van der Waals surface area (Å²) in [4.78, 5) is 23.2. The molecule has 0 amide bonds. The lowest BCUT2D eigenvalue weighted by Crippen LogP contribution is -2.18. The Labute approximate surface area is 123 Å². The highest BCUT2D eigenvalue weighted by Gasteiger charge is 2.09. The van der Waals surface area contributed by atoms with Gasteiger partial charge in [0.1, 0.15) is 5.82 Å². The van der Waals surface area contributed by atoms with Gasteiger partial charge in [0.2, 0.25) is 0 Å². The molecule has 1 N–H and O–H groups in total. The molecular formula is C14H11FN4OS. The molecule has 0 aliphatic heterocycles. The van der Waals surface area contributed by atoms with Gasteiger partial charge in [-0.3, -0.25) is 4.79 Å². The van der Waals surface area contributed by atoms with Crippen LogP contribution in [0, 0.1) is 5.82 Å². The van der Waals surface area contributed by atoms with E-state index in [1.807, 2.05) is 0 Å². The number of hydrogen-bond donors (Lipinski definition) is 1. The van der Waals surface area contributed by atoms with Crippen LogP contribution in [0.2, 0.25) is 0 Å². The molecule has 5 nitrogen and oxygen atoms in total. The van der Waals surface area contributed by atoms with Crippen LogP contribution in [0.3, 0.4) is 0 Å². The van der Waals surface area contributed by atoms with Gasteiger partial charge in [0.25, 0.3) is 5.56 Å². The summed E-state index contributed by atoms with van der Waals surface area (Å²) in [6.07, 6.45) is 4.80. The minimum atomic E-state index is -0.287. The molecule has 0 radical (unpaired) electrons. The van der Waals surface area contributed by atoms with Crippen molar-refractivity contribution in [2.24, 2.45) is 7.05 Å². The second-order valence-corrected chi connectivity index (χ2v) is 5.34. The molecule has 7 heteroatoms. The van der Waals surface area contributed by atoms with Crippen molar-refractivity contribution in [2.45, 2.75) is 10.2 Å². The zero-order valence-corrected chi connectivity index (χ0v) is 11.9. The van der Waals surface area contributed by atoms with Gasteiger partial charge in [-0.1, -0.05) is 0 Å². The van der Waals surface area contributed by atoms with Crippen LogP contribution < -0.4 is 5.56 Å². The Morgan fingerprint density at radius 2 is 2.00 bits per heavy atom. The van der Waals surface area contributed by atoms with E-state index in [1.54, 1.807) is 37.8 Å². The van der Waals surface area contributed by atoms with Crippen molar-refractivity contribution < 1.29 is 4.39 Å². The van der Waals surface area contributed by atoms with E-state index < -0.39 is 0 Å². The molecule has 0 aliphatic rings. The highest BCUT2D eigenvalue weighted by Crippen LogP contribution is 2.24. The lowest BCUT2D eigenvalue weighted by atomic mass is 10.2. The van der Waals surface area contributed by atoms with Gasteiger partial charge in [-0.05, 0) is 41.6 Å². The SMILES string of the molecule is Cn1ccnc(Sc2ncc(-c3ccc(F)cc3)[nH]2)c1=O. The summed E-state index contributed by atoms with van der Waals surface area (Å²) < 4.78 is 14.4. The van der Waals surface area contributed by atoms with Crippen LogP contribution in [0.4, 0.5) is 4.39 Å². The molecule has 106 valence electrons. The largest absolute Gasteiger partial charge is 0.333 e. The zero-order valence-electron chi connectivity index (χ0n) is 11.1. The first kappa shape index (κ1) is 13.6. The van der Waals surface area contributed by atoms with Gasteiger partial charge in [-0.2, -0.15) is 0 Å². The van der Waals surface area contributed by atoms with Gasteiger partial charge in [0, 0.05) is 19.4 Å². The molecule has 0 saturated heterocycles. The molecule has 0 spiro atoms. The topological polar surface area (TPSA) is 63.6 Å². The normalized spacial score (nSPS) is 10.8. The first-order valence-corrected chi connectivity index (χ1v) is 6.95. The Hall–Kier alpha value is -2.41. The quantitative estimate of drug-likeness (QED) is 0.807. The Morgan fingerprint density at radius 1 is 1.24 bits per heavy atom. The number of H-pyrrole nitrogens is 1. The molecule has 0 unspecified atom stereocenters. The highest BCUT2D eigenvalue weighted by atomic mass is 32.2. The van der Waals surface area contributed by atoms with E-state index >= 15 is 0 Å². The van der Waals surface area contributed by atoms with E-state index in [9.17, 15) is 9.18 Å². The van der Waals surface area contributed by atoms with Crippen molar-refractivity contribution in [3.8, 4) is 11.3 Å². The van der Waals surface area contributed by atoms with Crippen molar-refractivity contribution in [1.82, 2.24) is 19.5 Å². The van der Waals surface area contributed by atoms with Crippen molar-refractivity contribution in [1.29, 1.82) is 0 Å². The fourth-order valence-electron chi connectivity index (χ4n) is 1.77. The van der Waals surface area contributed by atoms with Crippen LogP contribution >= 0.6 is 11.8 Å². The van der Waals surface area contributed by atoms with Crippen LogP contribution in [0.15, 0.2) is 57.8 Å². The van der Waals surface area contributed by atoms with Crippen LogP contribution in [-0.2, 0) is 7.05 Å². The van der Waals surface area contributed by atoms with E-state index in [4.69, 9.17) is 0 Å². The van der Waals surface area contributed by atoms with Gasteiger partial charge in [0.05, 0.1) is 11.9 Å². The second kappa shape index (κ2) is 5.53. The van der Waals surface area contributed by atoms with Crippen LogP contribution in [-0.4, -0.2) is 19.5 Å². The van der Waals surface area contributed by atoms with E-state index in [0.29, 0.717) is 10.2 Å². The molecule has 3 rings (SSSR count). The molecule has 0 fully saturated rings. The number of imidazole rings is 1. The van der Waals surface area contributed by atoms with Gasteiger partial charge < -0.3 is 9.55 Å². The number of aromatic amines is 1. The van der Waals surface area contributed by atoms with Crippen molar-refractivity contribution in [2.75, 3.05) is 0 Å². The Kier molecular flexibility index (Phi) is 3.57. The Morgan fingerprint density at radius 3 is 2.76 bits per heavy atom. The molecule has 21 heavy (non-hydrogen) atoms. The summed E-state index contributed by atoms with van der Waals surface area (Å²) in [7, 11) is 1.67. The monoisotopic (exact) mass is 302 g/mol. The van der Waals surface area contributed by atoms with Crippen molar-refractivity contribution >= 4 is 11.8 Å². The summed E-state index contributed by atoms with van der Waals surface area (Å²) in [6.45, 7) is 0. The third-order valence-corrected chi connectivity index (χ3v) is 3.76. The summed E-state index contributed by atoms with van der Waals surface area (Å²) in [6, 6.07) is 6.10. The Bertz CT molecular complexity index is 825. The molecular weight excluding hydrogens is 291 g/mol. The summed E-state index contributed by atoms with van der Waals surface area (Å²) in [5.41, 5.74) is 1.40. The van der Waals surface area contributed by atoms with Gasteiger partial charge in [0.15, 0.2) is 10.2 Å². The van der Waals surface area contributed by atoms with Crippen LogP contribution in [0.1, 0.15) is 0 Å². The predicted molar refractivity (Wildman–Crippen MR) is 77.6 cm³/mol. The lowest BCUT2D eigenvalue weighted by Gasteiger charge is -1.99. The summed E-state index contributed by atoms with van der Waals surface area (Å²) >= 11 is 1.16. The molecule has 1 aromatic carbocycles. The predicted octanol–water partition coefficient (Wildman–Crippen LogP) is 2.46. The van der Waals surface area contributed by atoms with E-state index in [-0.39, 0.29) is 11.4 Å². The fourth-order valence-corrected chi connectivity index (χ4v) is 2.56. The summed E-state index contributed by atoms with van der Waals surface area (Å²) in [5.74, 6) is -0.287. The molecule has 0 bridgehead atoms. The number of aryl methyl sites for hydroxylation is 1. The first-order valence-electron chi connectivity index (χ1n) is 6.14. The highest BCUT2D eigenvalue weighted by molar-refractivity contribution is 7.99. The molecule has 2 aromatic heterocycles. The standard InChI is InChI=1S/C14H11FN4OS/c1-19-7-6-16-12(13(19)20)21-14-17-8-11(18-14)9-2-4-10(15)5-3-9/h2-8H,1H3,(H,17,18). The number of benzene rings is 1. The van der Waals surface area contributed by atoms with Gasteiger partial charge >= 0.3 is 0 Å². The minimum Gasteiger partial charge on any atom is -0.333 e. The average Bonchev–Trinajstić information content (AvgIpc) is 2.93. The lowest BCUT2D eigenvalue weighted by molar-refractivity contribution is 0.628. The number of aromatic nitrogens is 4. The molecule has 3 aromatic rings. The number of rotatable bonds is 3.